The highest BCUT2D eigenvalue weighted by molar-refractivity contribution is 9.10. The molecule has 0 aliphatic rings. The highest BCUT2D eigenvalue weighted by Gasteiger charge is 2.15. The van der Waals surface area contributed by atoms with Gasteiger partial charge >= 0.3 is 0 Å². The van der Waals surface area contributed by atoms with Crippen molar-refractivity contribution in [3.63, 3.8) is 0 Å². The van der Waals surface area contributed by atoms with E-state index in [1.807, 2.05) is 0 Å². The van der Waals surface area contributed by atoms with Gasteiger partial charge in [-0.15, -0.1) is 0 Å². The molecule has 2 rings (SSSR count). The van der Waals surface area contributed by atoms with Crippen molar-refractivity contribution in [2.75, 3.05) is 6.54 Å². The summed E-state index contributed by atoms with van der Waals surface area (Å²) >= 11 is 3.71. The summed E-state index contributed by atoms with van der Waals surface area (Å²) < 4.78 is 3.46. The Hall–Kier alpha value is -0.800. The summed E-state index contributed by atoms with van der Waals surface area (Å²) in [5, 5.41) is 1.32. The molecule has 0 fully saturated rings. The van der Waals surface area contributed by atoms with E-state index < -0.39 is 0 Å². The lowest BCUT2D eigenvalue weighted by Gasteiger charge is -2.05. The van der Waals surface area contributed by atoms with Crippen LogP contribution in [0.3, 0.4) is 0 Å². The van der Waals surface area contributed by atoms with Crippen molar-refractivity contribution in [1.29, 1.82) is 0 Å². The standard InChI is InChI=1S/C13H17BrN2/c1-8-4-5-9(2)13-11(8)12(14)10(6-7-15)16(13)3/h4-5H,6-7,15H2,1-3H3. The van der Waals surface area contributed by atoms with Gasteiger partial charge in [0.15, 0.2) is 0 Å². The Morgan fingerprint density at radius 1 is 1.25 bits per heavy atom. The van der Waals surface area contributed by atoms with Crippen molar-refractivity contribution in [2.45, 2.75) is 20.3 Å². The Morgan fingerprint density at radius 2 is 1.88 bits per heavy atom. The SMILES string of the molecule is Cc1ccc(C)c2c1c(Br)c(CCN)n2C. The van der Waals surface area contributed by atoms with Crippen LogP contribution in [-0.4, -0.2) is 11.1 Å². The average Bonchev–Trinajstić information content (AvgIpc) is 2.50. The third-order valence-corrected chi connectivity index (χ3v) is 4.04. The molecule has 0 bridgehead atoms. The topological polar surface area (TPSA) is 30.9 Å². The first kappa shape index (κ1) is 11.7. The number of nitrogens with zero attached hydrogens (tertiary/aromatic N) is 1. The van der Waals surface area contributed by atoms with Crippen LogP contribution in [-0.2, 0) is 13.5 Å². The van der Waals surface area contributed by atoms with Gasteiger partial charge in [0, 0.05) is 29.0 Å². The summed E-state index contributed by atoms with van der Waals surface area (Å²) in [6.07, 6.45) is 0.907. The zero-order valence-electron chi connectivity index (χ0n) is 9.97. The number of nitrogens with two attached hydrogens (primary N) is 1. The zero-order chi connectivity index (χ0) is 11.9. The van der Waals surface area contributed by atoms with Crippen LogP contribution in [0.25, 0.3) is 10.9 Å². The molecule has 0 atom stereocenters. The van der Waals surface area contributed by atoms with Gasteiger partial charge in [-0.3, -0.25) is 0 Å². The number of rotatable bonds is 2. The van der Waals surface area contributed by atoms with Gasteiger partial charge in [0.1, 0.15) is 0 Å². The Bertz CT molecular complexity index is 496. The minimum atomic E-state index is 0.681. The lowest BCUT2D eigenvalue weighted by Crippen LogP contribution is -2.07. The minimum absolute atomic E-state index is 0.681. The monoisotopic (exact) mass is 280 g/mol. The van der Waals surface area contributed by atoms with Crippen molar-refractivity contribution < 1.29 is 0 Å². The first-order valence-corrected chi connectivity index (χ1v) is 6.30. The molecule has 1 aromatic carbocycles. The smallest absolute Gasteiger partial charge is 0.0524 e. The molecule has 0 aliphatic heterocycles. The van der Waals surface area contributed by atoms with Crippen LogP contribution in [0.4, 0.5) is 0 Å². The van der Waals surface area contributed by atoms with E-state index in [-0.39, 0.29) is 0 Å². The predicted octanol–water partition coefficient (Wildman–Crippen LogP) is 3.06. The molecule has 1 aromatic heterocycles. The predicted molar refractivity (Wildman–Crippen MR) is 72.9 cm³/mol. The fourth-order valence-electron chi connectivity index (χ4n) is 2.35. The largest absolute Gasteiger partial charge is 0.346 e. The van der Waals surface area contributed by atoms with Gasteiger partial charge in [-0.25, -0.2) is 0 Å². The first-order chi connectivity index (χ1) is 7.57. The van der Waals surface area contributed by atoms with Crippen molar-refractivity contribution in [2.24, 2.45) is 12.8 Å². The molecular weight excluding hydrogens is 264 g/mol. The van der Waals surface area contributed by atoms with E-state index in [1.54, 1.807) is 0 Å². The summed E-state index contributed by atoms with van der Waals surface area (Å²) in [6, 6.07) is 4.35. The summed E-state index contributed by atoms with van der Waals surface area (Å²) in [6.45, 7) is 4.99. The van der Waals surface area contributed by atoms with Crippen LogP contribution in [0.15, 0.2) is 16.6 Å². The zero-order valence-corrected chi connectivity index (χ0v) is 11.6. The second-order valence-electron chi connectivity index (χ2n) is 4.28. The molecule has 2 N–H and O–H groups in total. The molecule has 0 saturated heterocycles. The number of aryl methyl sites for hydroxylation is 3. The van der Waals surface area contributed by atoms with Crippen LogP contribution >= 0.6 is 15.9 Å². The molecule has 0 amide bonds. The first-order valence-electron chi connectivity index (χ1n) is 5.51. The van der Waals surface area contributed by atoms with Gasteiger partial charge in [-0.2, -0.15) is 0 Å². The molecule has 0 spiro atoms. The average molecular weight is 281 g/mol. The van der Waals surface area contributed by atoms with Crippen molar-refractivity contribution in [3.8, 4) is 0 Å². The van der Waals surface area contributed by atoms with Gasteiger partial charge in [0.05, 0.1) is 5.52 Å². The minimum Gasteiger partial charge on any atom is -0.346 e. The second-order valence-corrected chi connectivity index (χ2v) is 5.07. The highest BCUT2D eigenvalue weighted by Crippen LogP contribution is 2.34. The Labute approximate surface area is 105 Å². The maximum Gasteiger partial charge on any atom is 0.0524 e. The van der Waals surface area contributed by atoms with E-state index in [0.717, 1.165) is 6.42 Å². The molecule has 2 nitrogen and oxygen atoms in total. The third-order valence-electron chi connectivity index (χ3n) is 3.18. The third kappa shape index (κ3) is 1.59. The van der Waals surface area contributed by atoms with E-state index >= 15 is 0 Å². The summed E-state index contributed by atoms with van der Waals surface area (Å²) in [5.74, 6) is 0. The molecule has 1 heterocycles. The van der Waals surface area contributed by atoms with E-state index in [2.05, 4.69) is 53.5 Å². The van der Waals surface area contributed by atoms with Crippen molar-refractivity contribution >= 4 is 26.8 Å². The maximum atomic E-state index is 5.66. The number of benzene rings is 1. The summed E-state index contributed by atoms with van der Waals surface area (Å²) in [5.41, 5.74) is 10.9. The highest BCUT2D eigenvalue weighted by atomic mass is 79.9. The van der Waals surface area contributed by atoms with Crippen LogP contribution < -0.4 is 5.73 Å². The van der Waals surface area contributed by atoms with Crippen LogP contribution in [0, 0.1) is 13.8 Å². The molecular formula is C13H17BrN2. The Kier molecular flexibility index (Phi) is 3.08. The Balaban J connectivity index is 2.87. The van der Waals surface area contributed by atoms with Gasteiger partial charge in [0.25, 0.3) is 0 Å². The molecule has 3 heteroatoms. The lowest BCUT2D eigenvalue weighted by atomic mass is 10.1. The fraction of sp³-hybridized carbons (Fsp3) is 0.385. The van der Waals surface area contributed by atoms with Gasteiger partial charge in [0.2, 0.25) is 0 Å². The number of hydrogen-bond donors (Lipinski definition) is 1. The summed E-state index contributed by atoms with van der Waals surface area (Å²) in [7, 11) is 2.12. The molecule has 86 valence electrons. The maximum absolute atomic E-state index is 5.66. The number of halogens is 1. The van der Waals surface area contributed by atoms with E-state index in [4.69, 9.17) is 5.73 Å². The van der Waals surface area contributed by atoms with E-state index in [9.17, 15) is 0 Å². The van der Waals surface area contributed by atoms with Gasteiger partial charge < -0.3 is 10.3 Å². The molecule has 0 saturated carbocycles. The lowest BCUT2D eigenvalue weighted by molar-refractivity contribution is 0.821. The molecule has 0 aliphatic carbocycles. The summed E-state index contributed by atoms with van der Waals surface area (Å²) in [4.78, 5) is 0. The number of aromatic nitrogens is 1. The van der Waals surface area contributed by atoms with Gasteiger partial charge in [-0.1, -0.05) is 12.1 Å². The molecule has 0 unspecified atom stereocenters. The fourth-order valence-corrected chi connectivity index (χ4v) is 3.31. The normalized spacial score (nSPS) is 11.3. The van der Waals surface area contributed by atoms with Gasteiger partial charge in [-0.05, 0) is 47.4 Å². The van der Waals surface area contributed by atoms with Crippen molar-refractivity contribution in [3.05, 3.63) is 33.4 Å². The van der Waals surface area contributed by atoms with Crippen LogP contribution in [0.1, 0.15) is 16.8 Å². The Morgan fingerprint density at radius 3 is 2.44 bits per heavy atom. The quantitative estimate of drug-likeness (QED) is 0.901. The van der Waals surface area contributed by atoms with E-state index in [1.165, 1.54) is 32.2 Å². The molecule has 16 heavy (non-hydrogen) atoms. The molecule has 0 radical (unpaired) electrons. The number of fused-ring (bicyclic) bond motifs is 1. The molecule has 2 aromatic rings. The van der Waals surface area contributed by atoms with E-state index in [0.29, 0.717) is 6.54 Å². The second kappa shape index (κ2) is 4.22. The number of hydrogen-bond acceptors (Lipinski definition) is 1. The van der Waals surface area contributed by atoms with Crippen molar-refractivity contribution in [1.82, 2.24) is 4.57 Å². The van der Waals surface area contributed by atoms with Crippen LogP contribution in [0.5, 0.6) is 0 Å². The van der Waals surface area contributed by atoms with Crippen LogP contribution in [0.2, 0.25) is 0 Å².